The molecule has 90 valence electrons. The monoisotopic (exact) mass is 266 g/mol. The van der Waals surface area contributed by atoms with Gasteiger partial charge in [0.25, 0.3) is 0 Å². The summed E-state index contributed by atoms with van der Waals surface area (Å²) >= 11 is 7.90. The Morgan fingerprint density at radius 3 is 2.65 bits per heavy atom. The topological polar surface area (TPSA) is 24.9 Å². The lowest BCUT2D eigenvalue weighted by Crippen LogP contribution is -2.29. The second-order valence-corrected chi connectivity index (χ2v) is 5.48. The van der Waals surface area contributed by atoms with Gasteiger partial charge >= 0.3 is 0 Å². The van der Waals surface area contributed by atoms with Crippen molar-refractivity contribution in [3.05, 3.63) is 51.4 Å². The number of rotatable bonds is 4. The Hall–Kier alpha value is -0.900. The van der Waals surface area contributed by atoms with E-state index >= 15 is 0 Å². The number of hydrogen-bond acceptors (Lipinski definition) is 3. The summed E-state index contributed by atoms with van der Waals surface area (Å²) in [5, 5.41) is 7.32. The lowest BCUT2D eigenvalue weighted by molar-refractivity contribution is 0.527. The van der Waals surface area contributed by atoms with Crippen LogP contribution < -0.4 is 5.32 Å². The van der Waals surface area contributed by atoms with E-state index in [1.165, 1.54) is 0 Å². The zero-order valence-corrected chi connectivity index (χ0v) is 11.4. The molecule has 1 heterocycles. The van der Waals surface area contributed by atoms with Gasteiger partial charge in [0.05, 0.1) is 6.04 Å². The molecule has 1 unspecified atom stereocenters. The maximum absolute atomic E-state index is 6.26. The number of hydrogen-bond donors (Lipinski definition) is 1. The first-order chi connectivity index (χ1) is 8.18. The van der Waals surface area contributed by atoms with E-state index in [9.17, 15) is 0 Å². The van der Waals surface area contributed by atoms with Gasteiger partial charge in [-0.15, -0.1) is 11.3 Å². The Balaban J connectivity index is 2.37. The molecule has 1 aromatic heterocycles. The fourth-order valence-electron chi connectivity index (χ4n) is 1.71. The third-order valence-electron chi connectivity index (χ3n) is 2.41. The average Bonchev–Trinajstić information content (AvgIpc) is 2.80. The van der Waals surface area contributed by atoms with E-state index in [-0.39, 0.29) is 6.04 Å². The molecule has 0 aliphatic carbocycles. The highest BCUT2D eigenvalue weighted by molar-refractivity contribution is 7.09. The van der Waals surface area contributed by atoms with Crippen LogP contribution in [0.5, 0.6) is 0 Å². The zero-order chi connectivity index (χ0) is 12.3. The molecule has 4 heteroatoms. The minimum absolute atomic E-state index is 0.0729. The summed E-state index contributed by atoms with van der Waals surface area (Å²) in [5.41, 5.74) is 1.08. The summed E-state index contributed by atoms with van der Waals surface area (Å²) in [7, 11) is 0. The van der Waals surface area contributed by atoms with Crippen molar-refractivity contribution in [2.45, 2.75) is 25.9 Å². The molecule has 2 nitrogen and oxygen atoms in total. The summed E-state index contributed by atoms with van der Waals surface area (Å²) in [6, 6.07) is 8.36. The quantitative estimate of drug-likeness (QED) is 0.908. The molecule has 2 rings (SSSR count). The van der Waals surface area contributed by atoms with E-state index in [0.29, 0.717) is 6.04 Å². The van der Waals surface area contributed by atoms with E-state index in [4.69, 9.17) is 11.6 Å². The van der Waals surface area contributed by atoms with Crippen LogP contribution in [0.2, 0.25) is 5.02 Å². The molecule has 0 aliphatic heterocycles. The first kappa shape index (κ1) is 12.6. The number of aromatic nitrogens is 1. The van der Waals surface area contributed by atoms with Crippen LogP contribution in [0, 0.1) is 0 Å². The van der Waals surface area contributed by atoms with Crippen molar-refractivity contribution in [2.75, 3.05) is 0 Å². The van der Waals surface area contributed by atoms with E-state index in [2.05, 4.69) is 24.1 Å². The Morgan fingerprint density at radius 2 is 2.06 bits per heavy atom. The maximum Gasteiger partial charge on any atom is 0.114 e. The lowest BCUT2D eigenvalue weighted by atomic mass is 10.1. The van der Waals surface area contributed by atoms with Crippen molar-refractivity contribution >= 4 is 22.9 Å². The van der Waals surface area contributed by atoms with Crippen molar-refractivity contribution < 1.29 is 0 Å². The van der Waals surface area contributed by atoms with Crippen LogP contribution in [0.4, 0.5) is 0 Å². The second kappa shape index (κ2) is 5.63. The van der Waals surface area contributed by atoms with Crippen molar-refractivity contribution in [1.82, 2.24) is 10.3 Å². The third kappa shape index (κ3) is 3.06. The van der Waals surface area contributed by atoms with E-state index < -0.39 is 0 Å². The first-order valence-corrected chi connectivity index (χ1v) is 6.84. The fourth-order valence-corrected chi connectivity index (χ4v) is 2.67. The van der Waals surface area contributed by atoms with Gasteiger partial charge < -0.3 is 5.32 Å². The smallest absolute Gasteiger partial charge is 0.114 e. The molecule has 0 aliphatic rings. The van der Waals surface area contributed by atoms with E-state index in [1.807, 2.05) is 35.8 Å². The molecule has 1 atom stereocenters. The van der Waals surface area contributed by atoms with Crippen molar-refractivity contribution in [3.63, 3.8) is 0 Å². The second-order valence-electron chi connectivity index (χ2n) is 4.15. The van der Waals surface area contributed by atoms with Gasteiger partial charge in [-0.2, -0.15) is 0 Å². The van der Waals surface area contributed by atoms with Crippen LogP contribution in [0.1, 0.15) is 30.5 Å². The fraction of sp³-hybridized carbons (Fsp3) is 0.308. The first-order valence-electron chi connectivity index (χ1n) is 5.58. The Labute approximate surface area is 111 Å². The number of nitrogens with one attached hydrogen (secondary N) is 1. The van der Waals surface area contributed by atoms with Gasteiger partial charge in [-0.3, -0.25) is 0 Å². The van der Waals surface area contributed by atoms with Crippen LogP contribution in [-0.4, -0.2) is 11.0 Å². The summed E-state index contributed by atoms with van der Waals surface area (Å²) in [5.74, 6) is 0. The molecule has 0 amide bonds. The van der Waals surface area contributed by atoms with E-state index in [0.717, 1.165) is 15.6 Å². The molecule has 0 spiro atoms. The van der Waals surface area contributed by atoms with Gasteiger partial charge in [-0.1, -0.05) is 29.8 Å². The molecule has 17 heavy (non-hydrogen) atoms. The molecule has 0 saturated heterocycles. The molecule has 1 aromatic carbocycles. The number of halogens is 1. The summed E-state index contributed by atoms with van der Waals surface area (Å²) in [4.78, 5) is 4.38. The zero-order valence-electron chi connectivity index (χ0n) is 9.85. The Bertz CT molecular complexity index is 468. The summed E-state index contributed by atoms with van der Waals surface area (Å²) in [6.07, 6.45) is 1.83. The highest BCUT2D eigenvalue weighted by Crippen LogP contribution is 2.29. The van der Waals surface area contributed by atoms with E-state index in [1.54, 1.807) is 11.3 Å². The average molecular weight is 267 g/mol. The maximum atomic E-state index is 6.26. The number of thiazole rings is 1. The molecule has 2 aromatic rings. The van der Waals surface area contributed by atoms with Gasteiger partial charge in [0.2, 0.25) is 0 Å². The van der Waals surface area contributed by atoms with Gasteiger partial charge in [0.1, 0.15) is 5.01 Å². The lowest BCUT2D eigenvalue weighted by Gasteiger charge is -2.20. The normalized spacial score (nSPS) is 12.9. The molecule has 0 fully saturated rings. The van der Waals surface area contributed by atoms with Crippen LogP contribution in [0.15, 0.2) is 35.8 Å². The molecule has 0 radical (unpaired) electrons. The van der Waals surface area contributed by atoms with Gasteiger partial charge in [-0.25, -0.2) is 4.98 Å². The summed E-state index contributed by atoms with van der Waals surface area (Å²) in [6.45, 7) is 4.24. The van der Waals surface area contributed by atoms with Crippen LogP contribution >= 0.6 is 22.9 Å². The van der Waals surface area contributed by atoms with Crippen LogP contribution in [0.3, 0.4) is 0 Å². The standard InChI is InChI=1S/C13H15ClN2S/c1-9(2)16-12(13-15-7-8-17-13)10-5-3-4-6-11(10)14/h3-9,12,16H,1-2H3. The Kier molecular flexibility index (Phi) is 4.15. The predicted molar refractivity (Wildman–Crippen MR) is 73.7 cm³/mol. The minimum Gasteiger partial charge on any atom is -0.302 e. The van der Waals surface area contributed by atoms with Gasteiger partial charge in [0.15, 0.2) is 0 Å². The Morgan fingerprint density at radius 1 is 1.29 bits per heavy atom. The highest BCUT2D eigenvalue weighted by Gasteiger charge is 2.19. The SMILES string of the molecule is CC(C)NC(c1nccs1)c1ccccc1Cl. The number of nitrogens with zero attached hydrogens (tertiary/aromatic N) is 1. The predicted octanol–water partition coefficient (Wildman–Crippen LogP) is 3.88. The molecule has 0 saturated carbocycles. The van der Waals surface area contributed by atoms with Gasteiger partial charge in [0, 0.05) is 22.6 Å². The minimum atomic E-state index is 0.0729. The summed E-state index contributed by atoms with van der Waals surface area (Å²) < 4.78 is 0. The molecular weight excluding hydrogens is 252 g/mol. The highest BCUT2D eigenvalue weighted by atomic mass is 35.5. The van der Waals surface area contributed by atoms with Crippen molar-refractivity contribution in [1.29, 1.82) is 0 Å². The molecule has 1 N–H and O–H groups in total. The number of benzene rings is 1. The molecule has 0 bridgehead atoms. The van der Waals surface area contributed by atoms with Crippen LogP contribution in [0.25, 0.3) is 0 Å². The third-order valence-corrected chi connectivity index (χ3v) is 3.60. The largest absolute Gasteiger partial charge is 0.302 e. The van der Waals surface area contributed by atoms with Crippen molar-refractivity contribution in [2.24, 2.45) is 0 Å². The van der Waals surface area contributed by atoms with Gasteiger partial charge in [-0.05, 0) is 25.5 Å². The molecular formula is C13H15ClN2S. The van der Waals surface area contributed by atoms with Crippen molar-refractivity contribution in [3.8, 4) is 0 Å². The van der Waals surface area contributed by atoms with Crippen LogP contribution in [-0.2, 0) is 0 Å².